The molecular weight excluding hydrogens is 755 g/mol. The third kappa shape index (κ3) is 8.75. The van der Waals surface area contributed by atoms with E-state index < -0.39 is 51.9 Å². The molecule has 0 bridgehead atoms. The molecule has 1 aliphatic carbocycles. The van der Waals surface area contributed by atoms with Crippen molar-refractivity contribution < 1.29 is 28.2 Å². The van der Waals surface area contributed by atoms with Gasteiger partial charge in [0, 0.05) is 42.5 Å². The number of hydrogen-bond acceptors (Lipinski definition) is 6. The van der Waals surface area contributed by atoms with E-state index in [1.807, 2.05) is 42.5 Å². The highest BCUT2D eigenvalue weighted by atomic mass is 28.3. The van der Waals surface area contributed by atoms with Gasteiger partial charge in [-0.2, -0.15) is 0 Å². The fourth-order valence-corrected chi connectivity index (χ4v) is 13.8. The van der Waals surface area contributed by atoms with Crippen LogP contribution in [0.2, 0.25) is 0 Å². The number of amides is 1. The first-order chi connectivity index (χ1) is 27.7. The smallest absolute Gasteiger partial charge is 0.283 e. The highest BCUT2D eigenvalue weighted by molar-refractivity contribution is 6.80. The van der Waals surface area contributed by atoms with E-state index in [0.29, 0.717) is 24.5 Å². The summed E-state index contributed by atoms with van der Waals surface area (Å²) in [5.41, 5.74) is -2.04. The Morgan fingerprint density at radius 1 is 0.690 bits per heavy atom. The lowest BCUT2D eigenvalue weighted by Gasteiger charge is -2.61. The van der Waals surface area contributed by atoms with E-state index in [1.54, 1.807) is 14.2 Å². The summed E-state index contributed by atoms with van der Waals surface area (Å²) < 4.78 is 26.6. The number of carbonyl (C=O) groups excluding carboxylic acids is 1. The molecule has 0 saturated heterocycles. The largest absolute Gasteiger partial charge is 0.497 e. The Bertz CT molecular complexity index is 1990. The van der Waals surface area contributed by atoms with Crippen LogP contribution in [0.5, 0.6) is 11.5 Å². The molecule has 1 fully saturated rings. The third-order valence-corrected chi connectivity index (χ3v) is 16.4. The Hall–Kier alpha value is -4.52. The van der Waals surface area contributed by atoms with Crippen molar-refractivity contribution in [3.8, 4) is 11.5 Å². The van der Waals surface area contributed by atoms with Crippen LogP contribution in [0, 0.1) is 22.2 Å². The van der Waals surface area contributed by atoms with Gasteiger partial charge in [0.1, 0.15) is 11.5 Å². The summed E-state index contributed by atoms with van der Waals surface area (Å²) in [6.45, 7) is 14.0. The molecule has 2 radical (unpaired) electrons. The third-order valence-electron chi connectivity index (χ3n) is 12.1. The minimum Gasteiger partial charge on any atom is -0.497 e. The lowest BCUT2D eigenvalue weighted by molar-refractivity contribution is -0.199. The normalized spacial score (nSPS) is 20.9. The van der Waals surface area contributed by atoms with Crippen LogP contribution in [0.3, 0.4) is 0 Å². The summed E-state index contributed by atoms with van der Waals surface area (Å²) in [6.07, 6.45) is -0.403. The first kappa shape index (κ1) is 43.1. The summed E-state index contributed by atoms with van der Waals surface area (Å²) >= 11 is 0. The van der Waals surface area contributed by atoms with Crippen molar-refractivity contribution in [2.45, 2.75) is 72.6 Å². The van der Waals surface area contributed by atoms with Crippen molar-refractivity contribution in [3.63, 3.8) is 0 Å². The number of benzene rings is 5. The number of rotatable bonds is 15. The maximum absolute atomic E-state index is 14.4. The van der Waals surface area contributed by atoms with Crippen LogP contribution in [-0.2, 0) is 20.2 Å². The van der Waals surface area contributed by atoms with E-state index in [0.717, 1.165) is 26.3 Å². The van der Waals surface area contributed by atoms with E-state index in [4.69, 9.17) is 18.3 Å². The van der Waals surface area contributed by atoms with Crippen molar-refractivity contribution in [1.29, 1.82) is 0 Å². The molecular formula is C49H59NO6Si2. The minimum absolute atomic E-state index is 0.0582. The van der Waals surface area contributed by atoms with Crippen molar-refractivity contribution in [3.05, 3.63) is 145 Å². The van der Waals surface area contributed by atoms with E-state index in [2.05, 4.69) is 144 Å². The summed E-state index contributed by atoms with van der Waals surface area (Å²) in [4.78, 5) is 14.4. The zero-order chi connectivity index (χ0) is 41.6. The van der Waals surface area contributed by atoms with Gasteiger partial charge in [-0.05, 0) is 50.1 Å². The van der Waals surface area contributed by atoms with Gasteiger partial charge < -0.3 is 28.7 Å². The van der Waals surface area contributed by atoms with E-state index in [9.17, 15) is 9.90 Å². The molecule has 5 aromatic carbocycles. The van der Waals surface area contributed by atoms with Gasteiger partial charge in [0.2, 0.25) is 5.91 Å². The summed E-state index contributed by atoms with van der Waals surface area (Å²) in [5.74, 6) is 0.553. The quantitative estimate of drug-likeness (QED) is 0.117. The molecule has 6 rings (SSSR count). The maximum Gasteiger partial charge on any atom is 0.283 e. The van der Waals surface area contributed by atoms with Crippen LogP contribution < -0.4 is 35.5 Å². The molecule has 7 nitrogen and oxygen atoms in total. The molecule has 58 heavy (non-hydrogen) atoms. The number of nitrogens with one attached hydrogen (secondary N) is 1. The van der Waals surface area contributed by atoms with Crippen LogP contribution >= 0.6 is 0 Å². The summed E-state index contributed by atoms with van der Waals surface area (Å²) in [6, 6.07) is 47.4. The van der Waals surface area contributed by atoms with Gasteiger partial charge in [0.15, 0.2) is 0 Å². The second-order valence-corrected chi connectivity index (χ2v) is 21.5. The van der Waals surface area contributed by atoms with Gasteiger partial charge >= 0.3 is 0 Å². The standard InChI is InChI=1S/C49H59NO6Si2/c1-46(2,3)48(35-55-57(38-21-13-9-14-22-38)39-23-15-10-16-24-39)33-43(51)42(32-45(52)50-34-36-29-30-37(53-7)31-44(36)54-8)49(48,47(4,5)6)56-58(40-25-17-11-18-26-40)41-27-19-12-20-28-41/h9-31,42-43,51H,32-35H2,1-8H3,(H,50,52). The van der Waals surface area contributed by atoms with Crippen LogP contribution in [0.25, 0.3) is 0 Å². The van der Waals surface area contributed by atoms with Crippen LogP contribution in [0.1, 0.15) is 59.9 Å². The van der Waals surface area contributed by atoms with Gasteiger partial charge in [0.05, 0.1) is 25.9 Å². The molecule has 4 unspecified atom stereocenters. The number of aliphatic hydroxyl groups excluding tert-OH is 1. The Balaban J connectivity index is 1.50. The molecule has 5 aromatic rings. The van der Waals surface area contributed by atoms with E-state index in [1.165, 1.54) is 0 Å². The van der Waals surface area contributed by atoms with Crippen LogP contribution in [0.4, 0.5) is 0 Å². The fraction of sp³-hybridized carbons (Fsp3) is 0.367. The zero-order valence-electron chi connectivity index (χ0n) is 35.3. The number of aliphatic hydroxyl groups is 1. The molecule has 1 saturated carbocycles. The zero-order valence-corrected chi connectivity index (χ0v) is 37.3. The van der Waals surface area contributed by atoms with Crippen molar-refractivity contribution in [2.75, 3.05) is 20.8 Å². The average Bonchev–Trinajstić information content (AvgIpc) is 3.48. The van der Waals surface area contributed by atoms with Crippen molar-refractivity contribution >= 4 is 44.7 Å². The van der Waals surface area contributed by atoms with Gasteiger partial charge in [-0.3, -0.25) is 4.79 Å². The first-order valence-corrected chi connectivity index (χ1v) is 23.0. The minimum atomic E-state index is -1.97. The lowest BCUT2D eigenvalue weighted by atomic mass is 9.51. The van der Waals surface area contributed by atoms with Crippen molar-refractivity contribution in [2.24, 2.45) is 22.2 Å². The van der Waals surface area contributed by atoms with Crippen LogP contribution in [0.15, 0.2) is 140 Å². The molecule has 4 atom stereocenters. The van der Waals surface area contributed by atoms with Crippen LogP contribution in [-0.4, -0.2) is 61.6 Å². The number of hydrogen-bond donors (Lipinski definition) is 2. The maximum atomic E-state index is 14.4. The molecule has 9 heteroatoms. The SMILES string of the molecule is COc1ccc(CNC(=O)CC2C(O)CC(CO[Si](c3ccccc3)c3ccccc3)(C(C)(C)C)C2(O[Si](c2ccccc2)c2ccccc2)C(C)(C)C)c(OC)c1. The summed E-state index contributed by atoms with van der Waals surface area (Å²) in [5, 5.41) is 20.3. The second-order valence-electron chi connectivity index (χ2n) is 17.4. The highest BCUT2D eigenvalue weighted by Crippen LogP contribution is 2.67. The number of carbonyl (C=O) groups is 1. The van der Waals surface area contributed by atoms with E-state index in [-0.39, 0.29) is 18.9 Å². The molecule has 2 N–H and O–H groups in total. The Labute approximate surface area is 349 Å². The van der Waals surface area contributed by atoms with Gasteiger partial charge in [-0.1, -0.05) is 163 Å². The molecule has 0 heterocycles. The number of methoxy groups -OCH3 is 2. The lowest BCUT2D eigenvalue weighted by Crippen LogP contribution is -2.69. The molecule has 0 aliphatic heterocycles. The van der Waals surface area contributed by atoms with Gasteiger partial charge in [-0.25, -0.2) is 0 Å². The molecule has 304 valence electrons. The summed E-state index contributed by atoms with van der Waals surface area (Å²) in [7, 11) is -0.495. The molecule has 1 amide bonds. The molecule has 0 spiro atoms. The topological polar surface area (TPSA) is 86.3 Å². The number of ether oxygens (including phenoxy) is 2. The Morgan fingerprint density at radius 2 is 1.17 bits per heavy atom. The van der Waals surface area contributed by atoms with E-state index >= 15 is 0 Å². The average molecular weight is 814 g/mol. The first-order valence-electron chi connectivity index (χ1n) is 20.2. The Morgan fingerprint density at radius 3 is 1.60 bits per heavy atom. The Kier molecular flexibility index (Phi) is 13.5. The predicted octanol–water partition coefficient (Wildman–Crippen LogP) is 6.55. The molecule has 0 aromatic heterocycles. The van der Waals surface area contributed by atoms with Gasteiger partial charge in [0.25, 0.3) is 18.1 Å². The highest BCUT2D eigenvalue weighted by Gasteiger charge is 2.73. The van der Waals surface area contributed by atoms with Gasteiger partial charge in [-0.15, -0.1) is 0 Å². The molecule has 1 aliphatic rings. The predicted molar refractivity (Wildman–Crippen MR) is 237 cm³/mol. The second kappa shape index (κ2) is 18.2. The van der Waals surface area contributed by atoms with Crippen molar-refractivity contribution in [1.82, 2.24) is 5.32 Å². The monoisotopic (exact) mass is 813 g/mol. The fourth-order valence-electron chi connectivity index (χ4n) is 9.20.